The van der Waals surface area contributed by atoms with Crippen molar-refractivity contribution in [1.82, 2.24) is 0 Å². The van der Waals surface area contributed by atoms with Crippen LogP contribution in [0.3, 0.4) is 0 Å². The lowest BCUT2D eigenvalue weighted by atomic mass is 9.84. The largest absolute Gasteiger partial charge is 0.481 e. The Balaban J connectivity index is 5.28. The number of unbranched alkanes of at least 4 members (excludes halogenated alkanes) is 1. The van der Waals surface area contributed by atoms with Gasteiger partial charge < -0.3 is 14.6 Å². The minimum absolute atomic E-state index is 0.0921. The van der Waals surface area contributed by atoms with Gasteiger partial charge in [-0.2, -0.15) is 0 Å². The molecule has 0 aliphatic heterocycles. The predicted octanol–water partition coefficient (Wildman–Crippen LogP) is 4.47. The predicted molar refractivity (Wildman–Crippen MR) is 103 cm³/mol. The summed E-state index contributed by atoms with van der Waals surface area (Å²) in [5.74, 6) is -1.90. The first-order valence-corrected chi connectivity index (χ1v) is 12.1. The number of aliphatic hydroxyl groups excluding tert-OH is 1. The second kappa shape index (κ2) is 10.8. The van der Waals surface area contributed by atoms with Crippen LogP contribution in [0.25, 0.3) is 0 Å². The third-order valence-electron chi connectivity index (χ3n) is 4.62. The molecule has 0 aliphatic rings. The van der Waals surface area contributed by atoms with Gasteiger partial charge in [0.25, 0.3) is 0 Å². The highest BCUT2D eigenvalue weighted by Gasteiger charge is 2.38. The van der Waals surface area contributed by atoms with Crippen LogP contribution in [0, 0.1) is 17.8 Å². The second-order valence-electron chi connectivity index (χ2n) is 7.40. The van der Waals surface area contributed by atoms with Gasteiger partial charge in [-0.25, -0.2) is 0 Å². The third kappa shape index (κ3) is 7.77. The van der Waals surface area contributed by atoms with Crippen LogP contribution in [0.2, 0.25) is 19.1 Å². The SMILES string of the molecule is C=C/C=C/C(C)C(O)C(C)C(O[Si](C)(C)CCCC)C(C)C(=O)O. The Hall–Kier alpha value is -0.913. The highest BCUT2D eigenvalue weighted by molar-refractivity contribution is 6.71. The van der Waals surface area contributed by atoms with E-state index >= 15 is 0 Å². The number of hydrogen-bond donors (Lipinski definition) is 2. The first kappa shape index (κ1) is 23.1. The van der Waals surface area contributed by atoms with E-state index in [9.17, 15) is 15.0 Å². The molecule has 0 rings (SSSR count). The average Bonchev–Trinajstić information content (AvgIpc) is 2.53. The summed E-state index contributed by atoms with van der Waals surface area (Å²) in [5, 5.41) is 20.1. The number of aliphatic carboxylic acids is 1. The summed E-state index contributed by atoms with van der Waals surface area (Å²) in [6, 6.07) is 1.00. The molecule has 24 heavy (non-hydrogen) atoms. The van der Waals surface area contributed by atoms with Gasteiger partial charge in [-0.05, 0) is 26.1 Å². The molecule has 5 atom stereocenters. The van der Waals surface area contributed by atoms with Gasteiger partial charge in [0.05, 0.1) is 18.1 Å². The van der Waals surface area contributed by atoms with Gasteiger partial charge in [-0.15, -0.1) is 0 Å². The minimum Gasteiger partial charge on any atom is -0.481 e. The van der Waals surface area contributed by atoms with Crippen molar-refractivity contribution in [2.75, 3.05) is 0 Å². The number of carbonyl (C=O) groups is 1. The van der Waals surface area contributed by atoms with Crippen LogP contribution in [-0.4, -0.2) is 36.7 Å². The van der Waals surface area contributed by atoms with Crippen molar-refractivity contribution in [1.29, 1.82) is 0 Å². The molecule has 5 unspecified atom stereocenters. The van der Waals surface area contributed by atoms with Crippen molar-refractivity contribution in [2.45, 2.75) is 71.9 Å². The summed E-state index contributed by atoms with van der Waals surface area (Å²) in [4.78, 5) is 11.5. The van der Waals surface area contributed by atoms with Crippen molar-refractivity contribution in [3.63, 3.8) is 0 Å². The van der Waals surface area contributed by atoms with E-state index in [1.165, 1.54) is 0 Å². The molecule has 0 aromatic carbocycles. The van der Waals surface area contributed by atoms with E-state index in [4.69, 9.17) is 4.43 Å². The molecule has 0 bridgehead atoms. The molecule has 5 heteroatoms. The normalized spacial score (nSPS) is 18.8. The molecule has 0 aromatic rings. The van der Waals surface area contributed by atoms with E-state index in [-0.39, 0.29) is 11.8 Å². The summed E-state index contributed by atoms with van der Waals surface area (Å²) in [7, 11) is -1.97. The van der Waals surface area contributed by atoms with Crippen molar-refractivity contribution in [3.05, 3.63) is 24.8 Å². The quantitative estimate of drug-likeness (QED) is 0.400. The third-order valence-corrected chi connectivity index (χ3v) is 7.08. The first-order chi connectivity index (χ1) is 11.1. The molecule has 0 saturated heterocycles. The molecule has 0 heterocycles. The minimum atomic E-state index is -1.97. The number of carboxylic acids is 1. The maximum atomic E-state index is 11.5. The van der Waals surface area contributed by atoms with Crippen LogP contribution in [0.15, 0.2) is 24.8 Å². The maximum Gasteiger partial charge on any atom is 0.308 e. The van der Waals surface area contributed by atoms with Crippen molar-refractivity contribution < 1.29 is 19.4 Å². The number of hydrogen-bond acceptors (Lipinski definition) is 3. The van der Waals surface area contributed by atoms with Gasteiger partial charge in [0, 0.05) is 11.8 Å². The monoisotopic (exact) mass is 356 g/mol. The summed E-state index contributed by atoms with van der Waals surface area (Å²) < 4.78 is 6.35. The average molecular weight is 357 g/mol. The molecular weight excluding hydrogens is 320 g/mol. The van der Waals surface area contributed by atoms with Gasteiger partial charge in [0.2, 0.25) is 0 Å². The van der Waals surface area contributed by atoms with E-state index in [0.717, 1.165) is 18.9 Å². The Morgan fingerprint density at radius 1 is 1.29 bits per heavy atom. The fourth-order valence-electron chi connectivity index (χ4n) is 2.88. The maximum absolute atomic E-state index is 11.5. The zero-order chi connectivity index (χ0) is 18.9. The van der Waals surface area contributed by atoms with Gasteiger partial charge >= 0.3 is 5.97 Å². The van der Waals surface area contributed by atoms with E-state index < -0.39 is 32.4 Å². The smallest absolute Gasteiger partial charge is 0.308 e. The second-order valence-corrected chi connectivity index (χ2v) is 11.7. The Bertz CT molecular complexity index is 420. The summed E-state index contributed by atoms with van der Waals surface area (Å²) in [6.45, 7) is 15.5. The van der Waals surface area contributed by atoms with Gasteiger partial charge in [-0.1, -0.05) is 58.4 Å². The van der Waals surface area contributed by atoms with E-state index in [1.807, 2.05) is 19.9 Å². The molecule has 0 fully saturated rings. The topological polar surface area (TPSA) is 66.8 Å². The highest BCUT2D eigenvalue weighted by atomic mass is 28.4. The standard InChI is InChI=1S/C19H36O4Si/c1-8-10-12-14(3)17(20)15(4)18(16(5)19(21)22)23-24(6,7)13-11-9-2/h8,10,12,14-18,20H,1,9,11,13H2,2-7H3,(H,21,22)/b12-10+. The fourth-order valence-corrected chi connectivity index (χ4v) is 5.35. The van der Waals surface area contributed by atoms with Crippen LogP contribution < -0.4 is 0 Å². The molecule has 0 saturated carbocycles. The van der Waals surface area contributed by atoms with Crippen molar-refractivity contribution in [2.24, 2.45) is 17.8 Å². The van der Waals surface area contributed by atoms with Gasteiger partial charge in [-0.3, -0.25) is 4.79 Å². The number of rotatable bonds is 12. The Kier molecular flexibility index (Phi) is 10.4. The van der Waals surface area contributed by atoms with Gasteiger partial charge in [0.15, 0.2) is 8.32 Å². The Morgan fingerprint density at radius 2 is 1.88 bits per heavy atom. The first-order valence-electron chi connectivity index (χ1n) is 8.95. The lowest BCUT2D eigenvalue weighted by Crippen LogP contribution is -2.47. The van der Waals surface area contributed by atoms with Crippen LogP contribution in [0.5, 0.6) is 0 Å². The van der Waals surface area contributed by atoms with Crippen LogP contribution in [0.1, 0.15) is 40.5 Å². The number of carboxylic acid groups (broad SMARTS) is 1. The number of aliphatic hydroxyl groups is 1. The highest BCUT2D eigenvalue weighted by Crippen LogP contribution is 2.29. The zero-order valence-corrected chi connectivity index (χ0v) is 17.2. The number of allylic oxidation sites excluding steroid dienone is 2. The van der Waals surface area contributed by atoms with E-state index in [2.05, 4.69) is 26.6 Å². The lowest BCUT2D eigenvalue weighted by molar-refractivity contribution is -0.146. The van der Waals surface area contributed by atoms with Crippen LogP contribution in [-0.2, 0) is 9.22 Å². The molecule has 0 radical (unpaired) electrons. The summed E-state index contributed by atoms with van der Waals surface area (Å²) >= 11 is 0. The zero-order valence-electron chi connectivity index (χ0n) is 16.2. The molecular formula is C19H36O4Si. The lowest BCUT2D eigenvalue weighted by Gasteiger charge is -2.38. The van der Waals surface area contributed by atoms with Gasteiger partial charge in [0.1, 0.15) is 0 Å². The molecule has 0 amide bonds. The molecule has 2 N–H and O–H groups in total. The van der Waals surface area contributed by atoms with Crippen molar-refractivity contribution >= 4 is 14.3 Å². The summed E-state index contributed by atoms with van der Waals surface area (Å²) in [6.07, 6.45) is 6.39. The molecule has 0 aliphatic carbocycles. The van der Waals surface area contributed by atoms with Crippen LogP contribution >= 0.6 is 0 Å². The Morgan fingerprint density at radius 3 is 2.33 bits per heavy atom. The van der Waals surface area contributed by atoms with E-state index in [1.54, 1.807) is 19.1 Å². The van der Waals surface area contributed by atoms with Crippen LogP contribution in [0.4, 0.5) is 0 Å². The van der Waals surface area contributed by atoms with E-state index in [0.29, 0.717) is 0 Å². The fraction of sp³-hybridized carbons (Fsp3) is 0.737. The molecule has 4 nitrogen and oxygen atoms in total. The summed E-state index contributed by atoms with van der Waals surface area (Å²) in [5.41, 5.74) is 0. The Labute approximate surface area is 148 Å². The molecule has 0 spiro atoms. The molecule has 140 valence electrons. The van der Waals surface area contributed by atoms with Crippen molar-refractivity contribution in [3.8, 4) is 0 Å². The molecule has 0 aromatic heterocycles.